The number of ether oxygens (including phenoxy) is 1. The molecule has 0 spiro atoms. The SMILES string of the molecule is CCN(Cc1ccc(C(=O)OC)o1)[C@@H]1CCS(=O)(=O)C1. The Bertz CT molecular complexity index is 577. The molecule has 0 N–H and O–H groups in total. The number of carbonyl (C=O) groups is 1. The lowest BCUT2D eigenvalue weighted by Crippen LogP contribution is -2.35. The molecule has 0 aliphatic carbocycles. The molecule has 0 aromatic carbocycles. The predicted octanol–water partition coefficient (Wildman–Crippen LogP) is 1.08. The average molecular weight is 301 g/mol. The van der Waals surface area contributed by atoms with E-state index in [1.807, 2.05) is 6.92 Å². The van der Waals surface area contributed by atoms with Crippen molar-refractivity contribution in [1.82, 2.24) is 4.90 Å². The van der Waals surface area contributed by atoms with Crippen molar-refractivity contribution < 1.29 is 22.4 Å². The average Bonchev–Trinajstić information content (AvgIpc) is 3.01. The summed E-state index contributed by atoms with van der Waals surface area (Å²) in [5.41, 5.74) is 0. The van der Waals surface area contributed by atoms with E-state index in [1.54, 1.807) is 12.1 Å². The van der Waals surface area contributed by atoms with E-state index in [2.05, 4.69) is 9.64 Å². The molecule has 1 aliphatic rings. The number of nitrogens with zero attached hydrogens (tertiary/aromatic N) is 1. The van der Waals surface area contributed by atoms with Crippen molar-refractivity contribution in [3.63, 3.8) is 0 Å². The lowest BCUT2D eigenvalue weighted by Gasteiger charge is -2.25. The molecule has 2 rings (SSSR count). The second-order valence-electron chi connectivity index (χ2n) is 4.88. The molecule has 1 saturated heterocycles. The lowest BCUT2D eigenvalue weighted by molar-refractivity contribution is 0.0560. The van der Waals surface area contributed by atoms with Crippen LogP contribution in [0.25, 0.3) is 0 Å². The molecule has 20 heavy (non-hydrogen) atoms. The molecule has 1 aromatic rings. The van der Waals surface area contributed by atoms with E-state index in [0.717, 1.165) is 6.54 Å². The molecule has 1 atom stereocenters. The first-order valence-corrected chi connectivity index (χ1v) is 8.39. The highest BCUT2D eigenvalue weighted by atomic mass is 32.2. The summed E-state index contributed by atoms with van der Waals surface area (Å²) in [5.74, 6) is 0.738. The number of hydrogen-bond donors (Lipinski definition) is 0. The van der Waals surface area contributed by atoms with Gasteiger partial charge in [0.2, 0.25) is 5.76 Å². The Morgan fingerprint density at radius 3 is 2.80 bits per heavy atom. The summed E-state index contributed by atoms with van der Waals surface area (Å²) in [6.07, 6.45) is 0.654. The standard InChI is InChI=1S/C13H19NO5S/c1-3-14(10-6-7-20(16,17)9-10)8-11-4-5-12(19-11)13(15)18-2/h4-5,10H,3,6-9H2,1-2H3/t10-/m1/s1. The van der Waals surface area contributed by atoms with E-state index >= 15 is 0 Å². The van der Waals surface area contributed by atoms with Crippen LogP contribution in [0.1, 0.15) is 29.7 Å². The highest BCUT2D eigenvalue weighted by molar-refractivity contribution is 7.91. The van der Waals surface area contributed by atoms with Crippen molar-refractivity contribution >= 4 is 15.8 Å². The summed E-state index contributed by atoms with van der Waals surface area (Å²) < 4.78 is 33.1. The largest absolute Gasteiger partial charge is 0.463 e. The van der Waals surface area contributed by atoms with Crippen LogP contribution in [0.4, 0.5) is 0 Å². The molecule has 7 heteroatoms. The predicted molar refractivity (Wildman–Crippen MR) is 73.2 cm³/mol. The number of sulfone groups is 1. The highest BCUT2D eigenvalue weighted by Gasteiger charge is 2.32. The quantitative estimate of drug-likeness (QED) is 0.757. The maximum Gasteiger partial charge on any atom is 0.373 e. The summed E-state index contributed by atoms with van der Waals surface area (Å²) in [6.45, 7) is 3.21. The van der Waals surface area contributed by atoms with Crippen LogP contribution < -0.4 is 0 Å². The first-order valence-electron chi connectivity index (χ1n) is 6.56. The fourth-order valence-corrected chi connectivity index (χ4v) is 4.20. The molecule has 0 amide bonds. The molecule has 6 nitrogen and oxygen atoms in total. The van der Waals surface area contributed by atoms with Crippen LogP contribution in [-0.4, -0.2) is 50.5 Å². The minimum Gasteiger partial charge on any atom is -0.463 e. The van der Waals surface area contributed by atoms with Crippen LogP contribution in [0.15, 0.2) is 16.5 Å². The van der Waals surface area contributed by atoms with Crippen molar-refractivity contribution in [3.05, 3.63) is 23.7 Å². The van der Waals surface area contributed by atoms with Crippen molar-refractivity contribution in [1.29, 1.82) is 0 Å². The Morgan fingerprint density at radius 1 is 1.50 bits per heavy atom. The minimum atomic E-state index is -2.90. The third-order valence-electron chi connectivity index (χ3n) is 3.54. The smallest absolute Gasteiger partial charge is 0.373 e. The Hall–Kier alpha value is -1.34. The van der Waals surface area contributed by atoms with Crippen LogP contribution in [0.5, 0.6) is 0 Å². The Balaban J connectivity index is 2.03. The normalized spacial score (nSPS) is 21.2. The van der Waals surface area contributed by atoms with Crippen molar-refractivity contribution in [2.24, 2.45) is 0 Å². The van der Waals surface area contributed by atoms with Gasteiger partial charge < -0.3 is 9.15 Å². The third kappa shape index (κ3) is 3.40. The lowest BCUT2D eigenvalue weighted by atomic mass is 10.2. The van der Waals surface area contributed by atoms with Gasteiger partial charge in [0.1, 0.15) is 5.76 Å². The maximum atomic E-state index is 11.5. The topological polar surface area (TPSA) is 76.8 Å². The van der Waals surface area contributed by atoms with E-state index in [0.29, 0.717) is 18.7 Å². The van der Waals surface area contributed by atoms with Crippen LogP contribution in [0.2, 0.25) is 0 Å². The fourth-order valence-electron chi connectivity index (χ4n) is 2.44. The third-order valence-corrected chi connectivity index (χ3v) is 5.29. The highest BCUT2D eigenvalue weighted by Crippen LogP contribution is 2.20. The number of rotatable bonds is 5. The van der Waals surface area contributed by atoms with Crippen LogP contribution in [-0.2, 0) is 21.1 Å². The van der Waals surface area contributed by atoms with Crippen LogP contribution in [0.3, 0.4) is 0 Å². The van der Waals surface area contributed by atoms with E-state index in [9.17, 15) is 13.2 Å². The molecule has 2 heterocycles. The van der Waals surface area contributed by atoms with Gasteiger partial charge in [-0.15, -0.1) is 0 Å². The molecule has 0 unspecified atom stereocenters. The molecule has 0 bridgehead atoms. The van der Waals surface area contributed by atoms with Gasteiger partial charge in [-0.25, -0.2) is 13.2 Å². The van der Waals surface area contributed by atoms with Gasteiger partial charge in [-0.3, -0.25) is 4.90 Å². The summed E-state index contributed by atoms with van der Waals surface area (Å²) in [5, 5.41) is 0. The van der Waals surface area contributed by atoms with Gasteiger partial charge in [-0.1, -0.05) is 6.92 Å². The first-order chi connectivity index (χ1) is 9.45. The molecule has 0 radical (unpaired) electrons. The first kappa shape index (κ1) is 15.1. The number of hydrogen-bond acceptors (Lipinski definition) is 6. The Kier molecular flexibility index (Phi) is 4.49. The van der Waals surface area contributed by atoms with Gasteiger partial charge >= 0.3 is 5.97 Å². The molecule has 1 aromatic heterocycles. The summed E-state index contributed by atoms with van der Waals surface area (Å²) in [7, 11) is -1.60. The van der Waals surface area contributed by atoms with E-state index in [-0.39, 0.29) is 23.3 Å². The van der Waals surface area contributed by atoms with Gasteiger partial charge in [-0.05, 0) is 25.1 Å². The van der Waals surface area contributed by atoms with Gasteiger partial charge in [0.15, 0.2) is 9.84 Å². The summed E-state index contributed by atoms with van der Waals surface area (Å²) in [4.78, 5) is 13.4. The summed E-state index contributed by atoms with van der Waals surface area (Å²) >= 11 is 0. The van der Waals surface area contributed by atoms with Gasteiger partial charge in [-0.2, -0.15) is 0 Å². The monoisotopic (exact) mass is 301 g/mol. The summed E-state index contributed by atoms with van der Waals surface area (Å²) in [6, 6.07) is 3.32. The van der Waals surface area contributed by atoms with Crippen molar-refractivity contribution in [3.8, 4) is 0 Å². The van der Waals surface area contributed by atoms with Crippen molar-refractivity contribution in [2.45, 2.75) is 25.9 Å². The molecule has 0 saturated carbocycles. The minimum absolute atomic E-state index is 0.0247. The number of esters is 1. The van der Waals surface area contributed by atoms with Crippen molar-refractivity contribution in [2.75, 3.05) is 25.2 Å². The van der Waals surface area contributed by atoms with Gasteiger partial charge in [0.25, 0.3) is 0 Å². The second-order valence-corrected chi connectivity index (χ2v) is 7.11. The Labute approximate surface area is 118 Å². The molecule has 1 aliphatic heterocycles. The van der Waals surface area contributed by atoms with E-state index in [4.69, 9.17) is 4.42 Å². The molecule has 1 fully saturated rings. The number of methoxy groups -OCH3 is 1. The zero-order valence-electron chi connectivity index (χ0n) is 11.7. The van der Waals surface area contributed by atoms with Crippen LogP contribution >= 0.6 is 0 Å². The van der Waals surface area contributed by atoms with Gasteiger partial charge in [0, 0.05) is 6.04 Å². The van der Waals surface area contributed by atoms with Crippen LogP contribution in [0, 0.1) is 0 Å². The maximum absolute atomic E-state index is 11.5. The van der Waals surface area contributed by atoms with Gasteiger partial charge in [0.05, 0.1) is 25.2 Å². The van der Waals surface area contributed by atoms with E-state index in [1.165, 1.54) is 7.11 Å². The molecular weight excluding hydrogens is 282 g/mol. The zero-order chi connectivity index (χ0) is 14.8. The van der Waals surface area contributed by atoms with E-state index < -0.39 is 15.8 Å². The molecule has 112 valence electrons. The fraction of sp³-hybridized carbons (Fsp3) is 0.615. The number of furan rings is 1. The second kappa shape index (κ2) is 5.97. The Morgan fingerprint density at radius 2 is 2.25 bits per heavy atom. The molecular formula is C13H19NO5S. The zero-order valence-corrected chi connectivity index (χ0v) is 12.5. The number of carbonyl (C=O) groups excluding carboxylic acids is 1.